The van der Waals surface area contributed by atoms with E-state index in [1.807, 2.05) is 22.4 Å². The van der Waals surface area contributed by atoms with Gasteiger partial charge in [0.05, 0.1) is 31.3 Å². The van der Waals surface area contributed by atoms with E-state index in [0.717, 1.165) is 63.8 Å². The molecule has 0 bridgehead atoms. The number of nitrogens with zero attached hydrogens (tertiary/aromatic N) is 7. The molecule has 2 aliphatic heterocycles. The number of aryl methyl sites for hydroxylation is 1. The lowest BCUT2D eigenvalue weighted by Gasteiger charge is -2.30. The van der Waals surface area contributed by atoms with E-state index in [0.29, 0.717) is 5.92 Å². The van der Waals surface area contributed by atoms with Crippen molar-refractivity contribution in [1.29, 1.82) is 0 Å². The van der Waals surface area contributed by atoms with Crippen molar-refractivity contribution in [3.05, 3.63) is 42.1 Å². The van der Waals surface area contributed by atoms with Gasteiger partial charge in [-0.1, -0.05) is 0 Å². The average molecular weight is 381 g/mol. The highest BCUT2D eigenvalue weighted by atomic mass is 16.5. The third-order valence-corrected chi connectivity index (χ3v) is 5.74. The highest BCUT2D eigenvalue weighted by Gasteiger charge is 2.25. The van der Waals surface area contributed by atoms with Gasteiger partial charge in [0.2, 0.25) is 0 Å². The van der Waals surface area contributed by atoms with Gasteiger partial charge in [-0.05, 0) is 31.5 Å². The first kappa shape index (κ1) is 17.6. The van der Waals surface area contributed by atoms with Crippen molar-refractivity contribution in [1.82, 2.24) is 29.3 Å². The Labute approximate surface area is 164 Å². The molecule has 0 N–H and O–H groups in total. The third kappa shape index (κ3) is 3.62. The Morgan fingerprint density at radius 3 is 2.86 bits per heavy atom. The molecule has 148 valence electrons. The first-order valence-corrected chi connectivity index (χ1v) is 10.1. The van der Waals surface area contributed by atoms with Crippen LogP contribution >= 0.6 is 0 Å². The predicted octanol–water partition coefficient (Wildman–Crippen LogP) is 1.68. The lowest BCUT2D eigenvalue weighted by Crippen LogP contribution is -2.36. The van der Waals surface area contributed by atoms with Crippen LogP contribution < -0.4 is 4.90 Å². The third-order valence-electron chi connectivity index (χ3n) is 5.74. The largest absolute Gasteiger partial charge is 0.378 e. The van der Waals surface area contributed by atoms with E-state index < -0.39 is 0 Å². The Kier molecular flexibility index (Phi) is 4.74. The minimum absolute atomic E-state index is 0.386. The molecule has 0 aliphatic carbocycles. The van der Waals surface area contributed by atoms with Crippen LogP contribution in [0.25, 0.3) is 5.65 Å². The standard InChI is InChI=1S/C20H27N7O/c1-24-12-16(11-21-24)13-25-6-2-3-17(14-25)20-22-19-5-4-18(15-27(19)23-20)26-7-9-28-10-8-26/h4-5,11-12,15,17H,2-3,6-10,13-14H2,1H3/t17-/m1/s1. The molecule has 2 saturated heterocycles. The van der Waals surface area contributed by atoms with Crippen LogP contribution in [0.4, 0.5) is 5.69 Å². The minimum Gasteiger partial charge on any atom is -0.378 e. The molecule has 0 unspecified atom stereocenters. The molecule has 28 heavy (non-hydrogen) atoms. The monoisotopic (exact) mass is 381 g/mol. The van der Waals surface area contributed by atoms with Crippen molar-refractivity contribution in [3.63, 3.8) is 0 Å². The number of hydrogen-bond donors (Lipinski definition) is 0. The molecule has 1 atom stereocenters. The summed E-state index contributed by atoms with van der Waals surface area (Å²) in [7, 11) is 1.97. The van der Waals surface area contributed by atoms with Crippen molar-refractivity contribution in [2.45, 2.75) is 25.3 Å². The SMILES string of the molecule is Cn1cc(CN2CCC[C@@H](c3nc4ccc(N5CCOCC5)cn4n3)C2)cn1. The molecule has 0 amide bonds. The quantitative estimate of drug-likeness (QED) is 0.685. The Morgan fingerprint density at radius 1 is 1.14 bits per heavy atom. The maximum absolute atomic E-state index is 5.46. The predicted molar refractivity (Wildman–Crippen MR) is 106 cm³/mol. The summed E-state index contributed by atoms with van der Waals surface area (Å²) in [5.41, 5.74) is 3.38. The number of rotatable bonds is 4. The van der Waals surface area contributed by atoms with Crippen molar-refractivity contribution in [3.8, 4) is 0 Å². The number of fused-ring (bicyclic) bond motifs is 1. The minimum atomic E-state index is 0.386. The summed E-state index contributed by atoms with van der Waals surface area (Å²) in [5, 5.41) is 9.13. The molecule has 0 radical (unpaired) electrons. The van der Waals surface area contributed by atoms with Crippen LogP contribution in [0.1, 0.15) is 30.1 Å². The highest BCUT2D eigenvalue weighted by Crippen LogP contribution is 2.26. The van der Waals surface area contributed by atoms with Crippen LogP contribution in [-0.2, 0) is 18.3 Å². The van der Waals surface area contributed by atoms with E-state index in [4.69, 9.17) is 14.8 Å². The number of anilines is 1. The topological polar surface area (TPSA) is 63.7 Å². The summed E-state index contributed by atoms with van der Waals surface area (Å²) in [6.45, 7) is 6.50. The van der Waals surface area contributed by atoms with Crippen molar-refractivity contribution < 1.29 is 4.74 Å². The fourth-order valence-electron chi connectivity index (χ4n) is 4.29. The molecule has 3 aromatic heterocycles. The fourth-order valence-corrected chi connectivity index (χ4v) is 4.29. The molecule has 0 saturated carbocycles. The van der Waals surface area contributed by atoms with Crippen LogP contribution in [0.2, 0.25) is 0 Å². The summed E-state index contributed by atoms with van der Waals surface area (Å²) in [6, 6.07) is 4.23. The normalized spacial score (nSPS) is 21.5. The summed E-state index contributed by atoms with van der Waals surface area (Å²) < 4.78 is 9.27. The Balaban J connectivity index is 1.32. The van der Waals surface area contributed by atoms with Crippen LogP contribution in [-0.4, -0.2) is 68.7 Å². The number of pyridine rings is 1. The van der Waals surface area contributed by atoms with Gasteiger partial charge in [-0.25, -0.2) is 9.50 Å². The van der Waals surface area contributed by atoms with E-state index >= 15 is 0 Å². The zero-order valence-corrected chi connectivity index (χ0v) is 16.4. The summed E-state index contributed by atoms with van der Waals surface area (Å²) >= 11 is 0. The molecule has 5 rings (SSSR count). The molecule has 3 aromatic rings. The number of piperidine rings is 1. The first-order chi connectivity index (χ1) is 13.7. The average Bonchev–Trinajstić information content (AvgIpc) is 3.34. The lowest BCUT2D eigenvalue weighted by atomic mass is 9.97. The fraction of sp³-hybridized carbons (Fsp3) is 0.550. The molecule has 8 heteroatoms. The Bertz CT molecular complexity index is 943. The second-order valence-electron chi connectivity index (χ2n) is 7.86. The molecule has 0 aromatic carbocycles. The molecule has 2 fully saturated rings. The van der Waals surface area contributed by atoms with Crippen LogP contribution in [0.5, 0.6) is 0 Å². The van der Waals surface area contributed by atoms with Crippen LogP contribution in [0, 0.1) is 0 Å². The number of likely N-dealkylation sites (tertiary alicyclic amines) is 1. The number of ether oxygens (including phenoxy) is 1. The summed E-state index contributed by atoms with van der Waals surface area (Å²) in [6.07, 6.45) is 8.49. The van der Waals surface area contributed by atoms with E-state index in [2.05, 4.69) is 39.4 Å². The Morgan fingerprint density at radius 2 is 2.04 bits per heavy atom. The number of aromatic nitrogens is 5. The molecular weight excluding hydrogens is 354 g/mol. The second kappa shape index (κ2) is 7.52. The first-order valence-electron chi connectivity index (χ1n) is 10.1. The molecular formula is C20H27N7O. The zero-order valence-electron chi connectivity index (χ0n) is 16.4. The molecule has 0 spiro atoms. The van der Waals surface area contributed by atoms with Gasteiger partial charge in [0.15, 0.2) is 11.5 Å². The molecule has 8 nitrogen and oxygen atoms in total. The maximum Gasteiger partial charge on any atom is 0.156 e. The zero-order chi connectivity index (χ0) is 18.9. The van der Waals surface area contributed by atoms with Gasteiger partial charge in [0, 0.05) is 50.9 Å². The van der Waals surface area contributed by atoms with E-state index in [9.17, 15) is 0 Å². The Hall–Kier alpha value is -2.45. The van der Waals surface area contributed by atoms with Gasteiger partial charge < -0.3 is 9.64 Å². The van der Waals surface area contributed by atoms with Gasteiger partial charge >= 0.3 is 0 Å². The van der Waals surface area contributed by atoms with Gasteiger partial charge in [0.25, 0.3) is 0 Å². The lowest BCUT2D eigenvalue weighted by molar-refractivity contribution is 0.122. The smallest absolute Gasteiger partial charge is 0.156 e. The highest BCUT2D eigenvalue weighted by molar-refractivity contribution is 5.51. The van der Waals surface area contributed by atoms with E-state index in [-0.39, 0.29) is 0 Å². The summed E-state index contributed by atoms with van der Waals surface area (Å²) in [4.78, 5) is 9.68. The van der Waals surface area contributed by atoms with Gasteiger partial charge in [-0.2, -0.15) is 10.2 Å². The summed E-state index contributed by atoms with van der Waals surface area (Å²) in [5.74, 6) is 1.35. The molecule has 5 heterocycles. The van der Waals surface area contributed by atoms with Gasteiger partial charge in [-0.3, -0.25) is 9.58 Å². The van der Waals surface area contributed by atoms with Crippen molar-refractivity contribution in [2.24, 2.45) is 7.05 Å². The maximum atomic E-state index is 5.46. The van der Waals surface area contributed by atoms with E-state index in [1.165, 1.54) is 17.7 Å². The van der Waals surface area contributed by atoms with Crippen molar-refractivity contribution >= 4 is 11.3 Å². The van der Waals surface area contributed by atoms with E-state index in [1.54, 1.807) is 0 Å². The number of hydrogen-bond acceptors (Lipinski definition) is 6. The van der Waals surface area contributed by atoms with Crippen LogP contribution in [0.3, 0.4) is 0 Å². The van der Waals surface area contributed by atoms with Gasteiger partial charge in [0.1, 0.15) is 0 Å². The molecule has 2 aliphatic rings. The van der Waals surface area contributed by atoms with Crippen molar-refractivity contribution in [2.75, 3.05) is 44.3 Å². The number of morpholine rings is 1. The van der Waals surface area contributed by atoms with Gasteiger partial charge in [-0.15, -0.1) is 0 Å². The second-order valence-corrected chi connectivity index (χ2v) is 7.86. The van der Waals surface area contributed by atoms with Crippen LogP contribution in [0.15, 0.2) is 30.7 Å².